The third-order valence-corrected chi connectivity index (χ3v) is 7.79. The second-order valence-corrected chi connectivity index (χ2v) is 10.3. The van der Waals surface area contributed by atoms with Crippen LogP contribution in [0.5, 0.6) is 0 Å². The summed E-state index contributed by atoms with van der Waals surface area (Å²) in [6.45, 7) is 3.70. The molecular formula is C33H30N2O6. The zero-order valence-electron chi connectivity index (χ0n) is 22.9. The zero-order valence-corrected chi connectivity index (χ0v) is 22.9. The summed E-state index contributed by atoms with van der Waals surface area (Å²) < 4.78 is 11.4. The number of hydrogen-bond donors (Lipinski definition) is 0. The summed E-state index contributed by atoms with van der Waals surface area (Å²) >= 11 is 0. The van der Waals surface area contributed by atoms with E-state index in [1.807, 2.05) is 55.5 Å². The smallest absolute Gasteiger partial charge is 0.261 e. The minimum atomic E-state index is -0.294. The first-order valence-electron chi connectivity index (χ1n) is 13.9. The van der Waals surface area contributed by atoms with Gasteiger partial charge < -0.3 is 9.47 Å². The van der Waals surface area contributed by atoms with Gasteiger partial charge in [0.25, 0.3) is 23.6 Å². The first-order chi connectivity index (χ1) is 20.0. The molecule has 4 amide bonds. The van der Waals surface area contributed by atoms with Crippen LogP contribution >= 0.6 is 0 Å². The Morgan fingerprint density at radius 3 is 1.54 bits per heavy atom. The molecule has 0 radical (unpaired) electrons. The number of unbranched alkanes of at least 4 members (excludes halogenated alkanes) is 1. The van der Waals surface area contributed by atoms with Crippen LogP contribution in [0.25, 0.3) is 21.5 Å². The minimum absolute atomic E-state index is 0.188. The summed E-state index contributed by atoms with van der Waals surface area (Å²) in [6.07, 6.45) is 1.47. The molecule has 4 aromatic carbocycles. The van der Waals surface area contributed by atoms with Crippen molar-refractivity contribution in [1.29, 1.82) is 0 Å². The first kappa shape index (κ1) is 26.8. The minimum Gasteiger partial charge on any atom is -0.380 e. The Kier molecular flexibility index (Phi) is 7.34. The van der Waals surface area contributed by atoms with Gasteiger partial charge in [-0.3, -0.25) is 29.0 Å². The first-order valence-corrected chi connectivity index (χ1v) is 13.9. The monoisotopic (exact) mass is 550 g/mol. The van der Waals surface area contributed by atoms with E-state index < -0.39 is 0 Å². The highest BCUT2D eigenvalue weighted by Gasteiger charge is 2.34. The Morgan fingerprint density at radius 1 is 0.537 bits per heavy atom. The maximum absolute atomic E-state index is 13.2. The number of imide groups is 2. The lowest BCUT2D eigenvalue weighted by Crippen LogP contribution is -2.42. The van der Waals surface area contributed by atoms with Crippen LogP contribution in [0.3, 0.4) is 0 Å². The van der Waals surface area contributed by atoms with E-state index >= 15 is 0 Å². The summed E-state index contributed by atoms with van der Waals surface area (Å²) in [7, 11) is 0. The van der Waals surface area contributed by atoms with Crippen LogP contribution < -0.4 is 0 Å². The van der Waals surface area contributed by atoms with E-state index in [1.165, 1.54) is 9.80 Å². The summed E-state index contributed by atoms with van der Waals surface area (Å²) in [4.78, 5) is 54.6. The predicted molar refractivity (Wildman–Crippen MR) is 154 cm³/mol. The molecule has 0 aromatic heterocycles. The van der Waals surface area contributed by atoms with Crippen molar-refractivity contribution < 1.29 is 28.7 Å². The molecular weight excluding hydrogens is 520 g/mol. The second-order valence-electron chi connectivity index (χ2n) is 10.3. The van der Waals surface area contributed by atoms with Gasteiger partial charge in [0.05, 0.1) is 31.9 Å². The maximum Gasteiger partial charge on any atom is 0.261 e. The van der Waals surface area contributed by atoms with E-state index in [-0.39, 0.29) is 49.9 Å². The molecule has 0 unspecified atom stereocenters. The van der Waals surface area contributed by atoms with Crippen LogP contribution in [0.2, 0.25) is 0 Å². The molecule has 0 atom stereocenters. The zero-order chi connectivity index (χ0) is 28.5. The molecule has 208 valence electrons. The van der Waals surface area contributed by atoms with Crippen molar-refractivity contribution in [3.8, 4) is 0 Å². The molecule has 0 spiro atoms. The van der Waals surface area contributed by atoms with Gasteiger partial charge in [0.15, 0.2) is 0 Å². The van der Waals surface area contributed by atoms with Crippen molar-refractivity contribution in [3.05, 3.63) is 94.5 Å². The van der Waals surface area contributed by atoms with Crippen LogP contribution in [0, 0.1) is 6.92 Å². The third kappa shape index (κ3) is 4.79. The number of carbonyl (C=O) groups excluding carboxylic acids is 4. The van der Waals surface area contributed by atoms with E-state index in [4.69, 9.17) is 9.47 Å². The molecule has 0 N–H and O–H groups in total. The van der Waals surface area contributed by atoms with Crippen LogP contribution in [0.1, 0.15) is 59.8 Å². The van der Waals surface area contributed by atoms with Crippen LogP contribution in [0.4, 0.5) is 0 Å². The number of ether oxygens (including phenoxy) is 2. The van der Waals surface area contributed by atoms with E-state index in [2.05, 4.69) is 0 Å². The van der Waals surface area contributed by atoms with Crippen molar-refractivity contribution in [2.24, 2.45) is 0 Å². The van der Waals surface area contributed by atoms with Crippen LogP contribution in [-0.2, 0) is 9.47 Å². The molecule has 2 aliphatic rings. The fraction of sp³-hybridized carbons (Fsp3) is 0.273. The topological polar surface area (TPSA) is 93.2 Å². The van der Waals surface area contributed by atoms with Gasteiger partial charge in [-0.05, 0) is 54.3 Å². The largest absolute Gasteiger partial charge is 0.380 e. The average molecular weight is 551 g/mol. The van der Waals surface area contributed by atoms with Crippen molar-refractivity contribution in [1.82, 2.24) is 9.80 Å². The van der Waals surface area contributed by atoms with E-state index in [0.29, 0.717) is 40.9 Å². The molecule has 0 fully saturated rings. The molecule has 0 saturated heterocycles. The second kappa shape index (κ2) is 11.2. The average Bonchev–Trinajstić information content (AvgIpc) is 2.98. The number of amides is 4. The summed E-state index contributed by atoms with van der Waals surface area (Å²) in [5.41, 5.74) is 3.07. The number of carbonyl (C=O) groups is 4. The lowest BCUT2D eigenvalue weighted by atomic mass is 9.91. The van der Waals surface area contributed by atoms with Crippen molar-refractivity contribution in [2.45, 2.75) is 19.8 Å². The summed E-state index contributed by atoms with van der Waals surface area (Å²) in [5, 5.41) is 3.22. The molecule has 0 aliphatic carbocycles. The van der Waals surface area contributed by atoms with E-state index in [1.54, 1.807) is 18.2 Å². The highest BCUT2D eigenvalue weighted by Crippen LogP contribution is 2.32. The Hall–Kier alpha value is -4.40. The Morgan fingerprint density at radius 2 is 1.00 bits per heavy atom. The molecule has 8 nitrogen and oxygen atoms in total. The molecule has 0 bridgehead atoms. The highest BCUT2D eigenvalue weighted by molar-refractivity contribution is 6.26. The molecule has 8 heteroatoms. The lowest BCUT2D eigenvalue weighted by molar-refractivity contribution is 0.0472. The van der Waals surface area contributed by atoms with Gasteiger partial charge in [-0.15, -0.1) is 0 Å². The van der Waals surface area contributed by atoms with Gasteiger partial charge in [0.1, 0.15) is 0 Å². The van der Waals surface area contributed by atoms with Gasteiger partial charge in [-0.25, -0.2) is 0 Å². The molecule has 2 aliphatic heterocycles. The number of rotatable bonds is 11. The van der Waals surface area contributed by atoms with Crippen LogP contribution in [-0.4, -0.2) is 72.9 Å². The van der Waals surface area contributed by atoms with Crippen molar-refractivity contribution >= 4 is 45.2 Å². The van der Waals surface area contributed by atoms with Crippen molar-refractivity contribution in [2.75, 3.05) is 39.5 Å². The number of aryl methyl sites for hydroxylation is 1. The molecule has 4 aromatic rings. The van der Waals surface area contributed by atoms with Crippen LogP contribution in [0.15, 0.2) is 66.7 Å². The summed E-state index contributed by atoms with van der Waals surface area (Å²) in [5.74, 6) is -1.16. The fourth-order valence-corrected chi connectivity index (χ4v) is 5.72. The Balaban J connectivity index is 0.916. The lowest BCUT2D eigenvalue weighted by Gasteiger charge is -2.28. The SMILES string of the molecule is Cc1ccc2cccc3c2c1C(=O)N(CCOCCCCOCCN1C(=O)c2cccc4cccc(c24)C1=O)C3=O. The number of nitrogens with zero attached hydrogens (tertiary/aromatic N) is 2. The fourth-order valence-electron chi connectivity index (χ4n) is 5.72. The molecule has 2 heterocycles. The van der Waals surface area contributed by atoms with E-state index in [0.717, 1.165) is 34.6 Å². The molecule has 0 saturated carbocycles. The number of benzene rings is 4. The highest BCUT2D eigenvalue weighted by atomic mass is 16.5. The molecule has 6 rings (SSSR count). The van der Waals surface area contributed by atoms with E-state index in [9.17, 15) is 19.2 Å². The van der Waals surface area contributed by atoms with Gasteiger partial charge in [0, 0.05) is 40.7 Å². The van der Waals surface area contributed by atoms with Gasteiger partial charge >= 0.3 is 0 Å². The molecule has 41 heavy (non-hydrogen) atoms. The predicted octanol–water partition coefficient (Wildman–Crippen LogP) is 5.01. The maximum atomic E-state index is 13.2. The number of hydrogen-bond acceptors (Lipinski definition) is 6. The third-order valence-electron chi connectivity index (χ3n) is 7.79. The normalized spacial score (nSPS) is 14.6. The Bertz CT molecular complexity index is 1660. The summed E-state index contributed by atoms with van der Waals surface area (Å²) in [6, 6.07) is 20.3. The van der Waals surface area contributed by atoms with Gasteiger partial charge in [0.2, 0.25) is 0 Å². The van der Waals surface area contributed by atoms with Gasteiger partial charge in [-0.2, -0.15) is 0 Å². The standard InChI is InChI=1S/C33H30N2O6/c1-21-13-14-23-9-6-12-26-29(23)27(21)33(39)35(32(26)38)16-20-41-18-3-2-17-40-19-15-34-30(36)24-10-4-7-22-8-5-11-25(28(22)24)31(34)37/h4-14H,2-3,15-20H2,1H3. The van der Waals surface area contributed by atoms with Gasteiger partial charge in [-0.1, -0.05) is 48.5 Å². The Labute approximate surface area is 237 Å². The quantitative estimate of drug-likeness (QED) is 0.193. The van der Waals surface area contributed by atoms with Crippen molar-refractivity contribution in [3.63, 3.8) is 0 Å².